The van der Waals surface area contributed by atoms with Gasteiger partial charge in [0.05, 0.1) is 4.90 Å². The zero-order valence-corrected chi connectivity index (χ0v) is 16.7. The number of nitrogens with one attached hydrogen (secondary N) is 1. The van der Waals surface area contributed by atoms with Crippen molar-refractivity contribution < 1.29 is 13.2 Å². The number of hydrogen-bond donors (Lipinski definition) is 1. The molecule has 0 aliphatic carbocycles. The van der Waals surface area contributed by atoms with Gasteiger partial charge < -0.3 is 4.90 Å². The van der Waals surface area contributed by atoms with Crippen molar-refractivity contribution in [3.63, 3.8) is 0 Å². The van der Waals surface area contributed by atoms with Crippen LogP contribution in [0, 0.1) is 0 Å². The van der Waals surface area contributed by atoms with Gasteiger partial charge in [0.15, 0.2) is 0 Å². The Balaban J connectivity index is 1.76. The summed E-state index contributed by atoms with van der Waals surface area (Å²) in [5.41, 5.74) is 1.55. The number of carbonyl (C=O) groups is 1. The van der Waals surface area contributed by atoms with Gasteiger partial charge in [-0.05, 0) is 76.4 Å². The Hall–Kier alpha value is -1.44. The van der Waals surface area contributed by atoms with Gasteiger partial charge in [-0.25, -0.2) is 13.1 Å². The topological polar surface area (TPSA) is 69.7 Å². The fraction of sp³-hybridized carbons (Fsp3) is 0.632. The maximum atomic E-state index is 12.8. The first-order valence-electron chi connectivity index (χ1n) is 9.36. The van der Waals surface area contributed by atoms with Crippen LogP contribution < -0.4 is 9.62 Å². The minimum atomic E-state index is -3.57. The molecule has 1 saturated heterocycles. The van der Waals surface area contributed by atoms with Gasteiger partial charge in [0, 0.05) is 31.2 Å². The van der Waals surface area contributed by atoms with Crippen molar-refractivity contribution >= 4 is 21.6 Å². The summed E-state index contributed by atoms with van der Waals surface area (Å²) in [5, 5.41) is 0. The number of likely N-dealkylation sites (tertiary alicyclic amines) is 1. The highest BCUT2D eigenvalue weighted by atomic mass is 32.2. The second kappa shape index (κ2) is 7.29. The lowest BCUT2D eigenvalue weighted by molar-refractivity contribution is -0.116. The van der Waals surface area contributed by atoms with Gasteiger partial charge in [0.2, 0.25) is 15.9 Å². The number of fused-ring (bicyclic) bond motifs is 1. The lowest BCUT2D eigenvalue weighted by atomic mass is 10.0. The van der Waals surface area contributed by atoms with Crippen LogP contribution in [0.5, 0.6) is 0 Å². The Morgan fingerprint density at radius 1 is 1.15 bits per heavy atom. The van der Waals surface area contributed by atoms with Crippen LogP contribution >= 0.6 is 0 Å². The molecule has 0 radical (unpaired) electrons. The summed E-state index contributed by atoms with van der Waals surface area (Å²) >= 11 is 0. The fourth-order valence-corrected chi connectivity index (χ4v) is 5.11. The lowest BCUT2D eigenvalue weighted by Gasteiger charge is -2.35. The molecule has 0 bridgehead atoms. The highest BCUT2D eigenvalue weighted by Gasteiger charge is 2.31. The van der Waals surface area contributed by atoms with Crippen LogP contribution in [0.2, 0.25) is 0 Å². The van der Waals surface area contributed by atoms with Crippen molar-refractivity contribution in [3.8, 4) is 0 Å². The molecule has 0 saturated carbocycles. The van der Waals surface area contributed by atoms with E-state index in [0.717, 1.165) is 37.2 Å². The molecule has 2 heterocycles. The van der Waals surface area contributed by atoms with E-state index in [-0.39, 0.29) is 16.3 Å². The highest BCUT2D eigenvalue weighted by Crippen LogP contribution is 2.29. The second-order valence-corrected chi connectivity index (χ2v) is 9.66. The standard InChI is InChI=1S/C19H29N3O3S/c1-15(23)22-12-6-7-16-13-17(8-9-18(16)22)26(24,25)20-14-19(2,3)21-10-4-5-11-21/h8-9,13,20H,4-7,10-12,14H2,1-3H3. The monoisotopic (exact) mass is 379 g/mol. The van der Waals surface area contributed by atoms with Crippen molar-refractivity contribution in [2.24, 2.45) is 0 Å². The smallest absolute Gasteiger partial charge is 0.240 e. The number of benzene rings is 1. The molecule has 1 aromatic carbocycles. The van der Waals surface area contributed by atoms with Crippen LogP contribution in [0.3, 0.4) is 0 Å². The van der Waals surface area contributed by atoms with Crippen molar-refractivity contribution in [1.82, 2.24) is 9.62 Å². The summed E-state index contributed by atoms with van der Waals surface area (Å²) in [6.07, 6.45) is 3.99. The molecule has 26 heavy (non-hydrogen) atoms. The molecular formula is C19H29N3O3S. The molecule has 1 amide bonds. The number of hydrogen-bond acceptors (Lipinski definition) is 4. The van der Waals surface area contributed by atoms with E-state index >= 15 is 0 Å². The molecule has 7 heteroatoms. The molecule has 2 aliphatic heterocycles. The molecule has 1 N–H and O–H groups in total. The molecule has 0 aromatic heterocycles. The van der Waals surface area contributed by atoms with E-state index in [2.05, 4.69) is 23.5 Å². The van der Waals surface area contributed by atoms with E-state index < -0.39 is 10.0 Å². The van der Waals surface area contributed by atoms with E-state index in [1.165, 1.54) is 12.8 Å². The number of rotatable bonds is 5. The predicted molar refractivity (Wildman–Crippen MR) is 103 cm³/mol. The summed E-state index contributed by atoms with van der Waals surface area (Å²) in [5.74, 6) is -0.00737. The van der Waals surface area contributed by atoms with Gasteiger partial charge in [-0.1, -0.05) is 0 Å². The second-order valence-electron chi connectivity index (χ2n) is 7.90. The highest BCUT2D eigenvalue weighted by molar-refractivity contribution is 7.89. The molecule has 3 rings (SSSR count). The van der Waals surface area contributed by atoms with Gasteiger partial charge in [0.1, 0.15) is 0 Å². The van der Waals surface area contributed by atoms with Gasteiger partial charge in [0.25, 0.3) is 0 Å². The van der Waals surface area contributed by atoms with Crippen molar-refractivity contribution in [2.75, 3.05) is 31.1 Å². The normalized spacial score (nSPS) is 18.8. The van der Waals surface area contributed by atoms with E-state index in [0.29, 0.717) is 13.1 Å². The van der Waals surface area contributed by atoms with Crippen LogP contribution in [0.15, 0.2) is 23.1 Å². The Bertz CT molecular complexity index is 783. The maximum absolute atomic E-state index is 12.8. The minimum Gasteiger partial charge on any atom is -0.312 e. The molecule has 0 spiro atoms. The van der Waals surface area contributed by atoms with Crippen molar-refractivity contribution in [1.29, 1.82) is 0 Å². The van der Waals surface area contributed by atoms with Crippen molar-refractivity contribution in [3.05, 3.63) is 23.8 Å². The summed E-state index contributed by atoms with van der Waals surface area (Å²) in [7, 11) is -3.57. The minimum absolute atomic E-state index is 0.00737. The van der Waals surface area contributed by atoms with Crippen LogP contribution in [-0.4, -0.2) is 50.9 Å². The summed E-state index contributed by atoms with van der Waals surface area (Å²) in [6.45, 7) is 8.82. The van der Waals surface area contributed by atoms with E-state index in [1.54, 1.807) is 30.0 Å². The average Bonchev–Trinajstić information content (AvgIpc) is 3.14. The fourth-order valence-electron chi connectivity index (χ4n) is 3.86. The lowest BCUT2D eigenvalue weighted by Crippen LogP contribution is -2.50. The van der Waals surface area contributed by atoms with E-state index in [9.17, 15) is 13.2 Å². The molecular weight excluding hydrogens is 350 g/mol. The third kappa shape index (κ3) is 3.94. The van der Waals surface area contributed by atoms with Crippen LogP contribution in [0.4, 0.5) is 5.69 Å². The first-order valence-corrected chi connectivity index (χ1v) is 10.8. The number of anilines is 1. The number of nitrogens with zero attached hydrogens (tertiary/aromatic N) is 2. The Morgan fingerprint density at radius 3 is 2.50 bits per heavy atom. The van der Waals surface area contributed by atoms with Crippen LogP contribution in [0.25, 0.3) is 0 Å². The first kappa shape index (κ1) is 19.3. The molecule has 0 atom stereocenters. The summed E-state index contributed by atoms with van der Waals surface area (Å²) in [4.78, 5) is 16.1. The van der Waals surface area contributed by atoms with Crippen molar-refractivity contribution in [2.45, 2.75) is 56.9 Å². The van der Waals surface area contributed by atoms with E-state index in [1.807, 2.05) is 0 Å². The zero-order chi connectivity index (χ0) is 18.9. The van der Waals surface area contributed by atoms with Crippen LogP contribution in [-0.2, 0) is 21.2 Å². The summed E-state index contributed by atoms with van der Waals surface area (Å²) < 4.78 is 28.4. The number of aryl methyl sites for hydroxylation is 1. The largest absolute Gasteiger partial charge is 0.312 e. The average molecular weight is 380 g/mol. The molecule has 144 valence electrons. The molecule has 1 fully saturated rings. The first-order chi connectivity index (χ1) is 12.2. The zero-order valence-electron chi connectivity index (χ0n) is 15.9. The quantitative estimate of drug-likeness (QED) is 0.851. The Morgan fingerprint density at radius 2 is 1.85 bits per heavy atom. The third-order valence-electron chi connectivity index (χ3n) is 5.52. The van der Waals surface area contributed by atoms with Gasteiger partial charge in [-0.15, -0.1) is 0 Å². The molecule has 6 nitrogen and oxygen atoms in total. The molecule has 1 aromatic rings. The molecule has 0 unspecified atom stereocenters. The molecule has 2 aliphatic rings. The summed E-state index contributed by atoms with van der Waals surface area (Å²) in [6, 6.07) is 5.08. The predicted octanol–water partition coefficient (Wildman–Crippen LogP) is 2.14. The van der Waals surface area contributed by atoms with Gasteiger partial charge in [-0.2, -0.15) is 0 Å². The number of sulfonamides is 1. The van der Waals surface area contributed by atoms with Crippen LogP contribution in [0.1, 0.15) is 45.6 Å². The van der Waals surface area contributed by atoms with Gasteiger partial charge >= 0.3 is 0 Å². The number of carbonyl (C=O) groups excluding carboxylic acids is 1. The third-order valence-corrected chi connectivity index (χ3v) is 6.92. The van der Waals surface area contributed by atoms with E-state index in [4.69, 9.17) is 0 Å². The Kier molecular flexibility index (Phi) is 5.42. The van der Waals surface area contributed by atoms with Gasteiger partial charge in [-0.3, -0.25) is 9.69 Å². The Labute approximate surface area is 156 Å². The maximum Gasteiger partial charge on any atom is 0.240 e. The number of amides is 1. The SMILES string of the molecule is CC(=O)N1CCCc2cc(S(=O)(=O)NCC(C)(C)N3CCCC3)ccc21.